The van der Waals surface area contributed by atoms with Crippen LogP contribution in [0.1, 0.15) is 16.1 Å². The zero-order chi connectivity index (χ0) is 22.3. The number of aromatic nitrogens is 2. The molecule has 166 valence electrons. The molecule has 1 aliphatic rings. The average molecular weight is 437 g/mol. The van der Waals surface area contributed by atoms with Crippen molar-refractivity contribution in [2.75, 3.05) is 31.6 Å². The number of hydrogen-bond donors (Lipinski definition) is 1. The molecular weight excluding hydrogens is 414 g/mol. The number of hydrogen-bond acceptors (Lipinski definition) is 7. The first-order valence-electron chi connectivity index (χ1n) is 10.2. The van der Waals surface area contributed by atoms with Gasteiger partial charge in [-0.15, -0.1) is 0 Å². The van der Waals surface area contributed by atoms with Crippen LogP contribution in [0.5, 0.6) is 5.75 Å². The Kier molecular flexibility index (Phi) is 6.73. The lowest BCUT2D eigenvalue weighted by atomic mass is 10.2. The minimum atomic E-state index is -0.509. The number of carbonyl (C=O) groups is 1. The molecule has 4 rings (SSSR count). The lowest BCUT2D eigenvalue weighted by Crippen LogP contribution is -2.35. The summed E-state index contributed by atoms with van der Waals surface area (Å²) < 4.78 is 12.3. The molecule has 1 aliphatic heterocycles. The number of benzene rings is 2. The van der Waals surface area contributed by atoms with Crippen molar-refractivity contribution in [2.24, 2.45) is 0 Å². The predicted octanol–water partition coefficient (Wildman–Crippen LogP) is 2.91. The van der Waals surface area contributed by atoms with E-state index in [0.717, 1.165) is 38.4 Å². The first-order valence-corrected chi connectivity index (χ1v) is 10.2. The summed E-state index contributed by atoms with van der Waals surface area (Å²) in [5.41, 5.74) is 1.88. The minimum absolute atomic E-state index is 0.0623. The lowest BCUT2D eigenvalue weighted by molar-refractivity contribution is -0.386. The first kappa shape index (κ1) is 21.5. The van der Waals surface area contributed by atoms with E-state index in [2.05, 4.69) is 15.3 Å². The number of rotatable bonds is 8. The number of ether oxygens (including phenoxy) is 2. The minimum Gasteiger partial charge on any atom is -0.464 e. The lowest BCUT2D eigenvalue weighted by Gasteiger charge is -2.26. The molecule has 0 radical (unpaired) electrons. The van der Waals surface area contributed by atoms with Crippen molar-refractivity contribution < 1.29 is 19.2 Å². The van der Waals surface area contributed by atoms with Crippen LogP contribution in [0.25, 0.3) is 0 Å². The maximum atomic E-state index is 12.6. The number of nitrogens with one attached hydrogen (secondary N) is 1. The van der Waals surface area contributed by atoms with Crippen LogP contribution >= 0.6 is 0 Å². The van der Waals surface area contributed by atoms with E-state index in [4.69, 9.17) is 9.47 Å². The molecular formula is C22H23N5O5. The molecule has 10 nitrogen and oxygen atoms in total. The third-order valence-corrected chi connectivity index (χ3v) is 4.98. The Hall–Kier alpha value is -3.76. The van der Waals surface area contributed by atoms with Gasteiger partial charge in [-0.3, -0.25) is 19.8 Å². The Labute approximate surface area is 184 Å². The van der Waals surface area contributed by atoms with E-state index in [9.17, 15) is 14.9 Å². The Bertz CT molecular complexity index is 1090. The largest absolute Gasteiger partial charge is 0.464 e. The molecule has 3 aromatic rings. The van der Waals surface area contributed by atoms with Crippen molar-refractivity contribution >= 4 is 17.3 Å². The van der Waals surface area contributed by atoms with E-state index in [1.165, 1.54) is 16.8 Å². The van der Waals surface area contributed by atoms with Crippen molar-refractivity contribution in [3.05, 3.63) is 82.2 Å². The van der Waals surface area contributed by atoms with E-state index in [1.54, 1.807) is 24.4 Å². The summed E-state index contributed by atoms with van der Waals surface area (Å²) in [7, 11) is 0. The van der Waals surface area contributed by atoms with Crippen molar-refractivity contribution in [2.45, 2.75) is 13.3 Å². The van der Waals surface area contributed by atoms with Crippen molar-refractivity contribution in [3.8, 4) is 5.75 Å². The highest BCUT2D eigenvalue weighted by molar-refractivity contribution is 6.02. The second-order valence-corrected chi connectivity index (χ2v) is 7.28. The third-order valence-electron chi connectivity index (χ3n) is 4.98. The van der Waals surface area contributed by atoms with E-state index in [-0.39, 0.29) is 29.8 Å². The van der Waals surface area contributed by atoms with Gasteiger partial charge < -0.3 is 14.8 Å². The zero-order valence-corrected chi connectivity index (χ0v) is 17.3. The van der Waals surface area contributed by atoms with Crippen molar-refractivity contribution in [1.82, 2.24) is 14.7 Å². The summed E-state index contributed by atoms with van der Waals surface area (Å²) in [5, 5.41) is 18.1. The maximum Gasteiger partial charge on any atom is 0.311 e. The topological polar surface area (TPSA) is 112 Å². The molecule has 1 amide bonds. The molecule has 1 N–H and O–H groups in total. The molecule has 0 atom stereocenters. The van der Waals surface area contributed by atoms with Gasteiger partial charge in [-0.1, -0.05) is 24.3 Å². The van der Waals surface area contributed by atoms with Gasteiger partial charge in [-0.05, 0) is 29.8 Å². The molecule has 0 aliphatic carbocycles. The summed E-state index contributed by atoms with van der Waals surface area (Å²) >= 11 is 0. The predicted molar refractivity (Wildman–Crippen MR) is 116 cm³/mol. The highest BCUT2D eigenvalue weighted by atomic mass is 16.6. The van der Waals surface area contributed by atoms with Gasteiger partial charge in [0, 0.05) is 37.6 Å². The van der Waals surface area contributed by atoms with E-state index in [1.807, 2.05) is 24.3 Å². The van der Waals surface area contributed by atoms with E-state index < -0.39 is 4.92 Å². The second-order valence-electron chi connectivity index (χ2n) is 7.28. The number of nitro groups is 1. The van der Waals surface area contributed by atoms with Crippen LogP contribution < -0.4 is 10.1 Å². The van der Waals surface area contributed by atoms with Gasteiger partial charge in [-0.2, -0.15) is 5.10 Å². The fourth-order valence-electron chi connectivity index (χ4n) is 3.38. The number of anilines is 1. The second kappa shape index (κ2) is 10.0. The van der Waals surface area contributed by atoms with Crippen LogP contribution in [0.2, 0.25) is 0 Å². The number of nitrogens with zero attached hydrogens (tertiary/aromatic N) is 4. The van der Waals surface area contributed by atoms with Crippen LogP contribution in [-0.2, 0) is 18.0 Å². The SMILES string of the molecule is O=C(Nc1cccc(CN2CCOCC2)c1)c1ccn(COc2ccccc2[N+](=O)[O-])n1. The Morgan fingerprint density at radius 3 is 2.78 bits per heavy atom. The molecule has 1 aromatic heterocycles. The zero-order valence-electron chi connectivity index (χ0n) is 17.3. The number of carbonyl (C=O) groups excluding carboxylic acids is 1. The van der Waals surface area contributed by atoms with Crippen LogP contribution in [0.3, 0.4) is 0 Å². The normalized spacial score (nSPS) is 14.1. The molecule has 1 saturated heterocycles. The number of para-hydroxylation sites is 2. The van der Waals surface area contributed by atoms with Crippen molar-refractivity contribution in [3.63, 3.8) is 0 Å². The monoisotopic (exact) mass is 437 g/mol. The average Bonchev–Trinajstić information content (AvgIpc) is 3.28. The van der Waals surface area contributed by atoms with Crippen LogP contribution in [0.4, 0.5) is 11.4 Å². The quantitative estimate of drug-likeness (QED) is 0.426. The summed E-state index contributed by atoms with van der Waals surface area (Å²) in [5.74, 6) is -0.214. The highest BCUT2D eigenvalue weighted by Gasteiger charge is 2.15. The summed E-state index contributed by atoms with van der Waals surface area (Å²) in [6.07, 6.45) is 1.58. The molecule has 32 heavy (non-hydrogen) atoms. The van der Waals surface area contributed by atoms with Crippen LogP contribution in [0.15, 0.2) is 60.8 Å². The van der Waals surface area contributed by atoms with Gasteiger partial charge >= 0.3 is 5.69 Å². The molecule has 0 spiro atoms. The number of morpholine rings is 1. The Balaban J connectivity index is 1.35. The first-order chi connectivity index (χ1) is 15.6. The summed E-state index contributed by atoms with van der Waals surface area (Å²) in [6, 6.07) is 15.4. The third kappa shape index (κ3) is 5.48. The van der Waals surface area contributed by atoms with E-state index >= 15 is 0 Å². The Morgan fingerprint density at radius 2 is 1.97 bits per heavy atom. The highest BCUT2D eigenvalue weighted by Crippen LogP contribution is 2.26. The summed E-state index contributed by atoms with van der Waals surface area (Å²) in [6.45, 7) is 3.99. The molecule has 1 fully saturated rings. The van der Waals surface area contributed by atoms with Crippen LogP contribution in [0, 0.1) is 10.1 Å². The maximum absolute atomic E-state index is 12.6. The van der Waals surface area contributed by atoms with Gasteiger partial charge in [-0.25, -0.2) is 4.68 Å². The van der Waals surface area contributed by atoms with Crippen LogP contribution in [-0.4, -0.2) is 51.8 Å². The number of nitro benzene ring substituents is 1. The van der Waals surface area contributed by atoms with Gasteiger partial charge in [0.25, 0.3) is 5.91 Å². The van der Waals surface area contributed by atoms with Crippen molar-refractivity contribution in [1.29, 1.82) is 0 Å². The van der Waals surface area contributed by atoms with Gasteiger partial charge in [0.1, 0.15) is 0 Å². The molecule has 0 bridgehead atoms. The molecule has 0 saturated carbocycles. The fourth-order valence-corrected chi connectivity index (χ4v) is 3.38. The van der Waals surface area contributed by atoms with Gasteiger partial charge in [0.2, 0.25) is 0 Å². The molecule has 2 aromatic carbocycles. The van der Waals surface area contributed by atoms with Gasteiger partial charge in [0.05, 0.1) is 18.1 Å². The van der Waals surface area contributed by atoms with E-state index in [0.29, 0.717) is 5.69 Å². The molecule has 0 unspecified atom stereocenters. The Morgan fingerprint density at radius 1 is 1.16 bits per heavy atom. The number of amides is 1. The molecule has 10 heteroatoms. The smallest absolute Gasteiger partial charge is 0.311 e. The standard InChI is InChI=1S/C22H23N5O5/c28-22(23-18-5-3-4-17(14-18)15-25-10-12-31-13-11-25)19-8-9-26(24-19)16-32-21-7-2-1-6-20(21)27(29)30/h1-9,14H,10-13,15-16H2,(H,23,28). The van der Waals surface area contributed by atoms with Gasteiger partial charge in [0.15, 0.2) is 18.2 Å². The molecule has 2 heterocycles. The summed E-state index contributed by atoms with van der Waals surface area (Å²) in [4.78, 5) is 25.5. The fraction of sp³-hybridized carbons (Fsp3) is 0.273.